The monoisotopic (exact) mass is 266 g/mol. The van der Waals surface area contributed by atoms with Gasteiger partial charge in [-0.15, -0.1) is 11.6 Å². The van der Waals surface area contributed by atoms with E-state index in [1.807, 2.05) is 6.92 Å². The normalized spacial score (nSPS) is 15.2. The van der Waals surface area contributed by atoms with Gasteiger partial charge in [0, 0.05) is 5.38 Å². The van der Waals surface area contributed by atoms with Crippen LogP contribution in [0.2, 0.25) is 0 Å². The summed E-state index contributed by atoms with van der Waals surface area (Å²) in [6, 6.07) is 6.57. The van der Waals surface area contributed by atoms with Gasteiger partial charge in [0.05, 0.1) is 13.0 Å². The second kappa shape index (κ2) is 6.24. The minimum atomic E-state index is -0.210. The molecule has 1 aromatic rings. The van der Waals surface area contributed by atoms with Crippen molar-refractivity contribution >= 4 is 17.6 Å². The highest BCUT2D eigenvalue weighted by atomic mass is 35.5. The fourth-order valence-corrected chi connectivity index (χ4v) is 2.78. The second-order valence-corrected chi connectivity index (χ2v) is 5.38. The first kappa shape index (κ1) is 13.4. The molecule has 98 valence electrons. The Balaban J connectivity index is 1.91. The van der Waals surface area contributed by atoms with Gasteiger partial charge in [0.25, 0.3) is 0 Å². The van der Waals surface area contributed by atoms with Crippen LogP contribution in [-0.2, 0) is 28.8 Å². The van der Waals surface area contributed by atoms with Crippen molar-refractivity contribution < 1.29 is 9.53 Å². The van der Waals surface area contributed by atoms with E-state index in [1.54, 1.807) is 0 Å². The highest BCUT2D eigenvalue weighted by Gasteiger charge is 2.15. The lowest BCUT2D eigenvalue weighted by Gasteiger charge is -2.10. The second-order valence-electron chi connectivity index (χ2n) is 4.77. The Morgan fingerprint density at radius 3 is 2.94 bits per heavy atom. The highest BCUT2D eigenvalue weighted by molar-refractivity contribution is 6.21. The Bertz CT molecular complexity index is 429. The van der Waals surface area contributed by atoms with Crippen molar-refractivity contribution in [1.29, 1.82) is 0 Å². The van der Waals surface area contributed by atoms with Gasteiger partial charge in [0.1, 0.15) is 0 Å². The van der Waals surface area contributed by atoms with Gasteiger partial charge in [0.2, 0.25) is 0 Å². The zero-order chi connectivity index (χ0) is 13.0. The SMILES string of the molecule is CCOC(=O)CC(Cl)Cc1ccc2c(c1)CCC2. The maximum absolute atomic E-state index is 11.3. The molecule has 0 aromatic heterocycles. The van der Waals surface area contributed by atoms with Crippen LogP contribution in [0.4, 0.5) is 0 Å². The molecule has 0 spiro atoms. The summed E-state index contributed by atoms with van der Waals surface area (Å²) in [5, 5.41) is -0.177. The molecule has 0 radical (unpaired) electrons. The number of aryl methyl sites for hydroxylation is 2. The fourth-order valence-electron chi connectivity index (χ4n) is 2.48. The van der Waals surface area contributed by atoms with Crippen LogP contribution in [0.5, 0.6) is 0 Å². The van der Waals surface area contributed by atoms with Crippen molar-refractivity contribution in [2.45, 2.75) is 44.4 Å². The summed E-state index contributed by atoms with van der Waals surface area (Å²) in [7, 11) is 0. The van der Waals surface area contributed by atoms with E-state index >= 15 is 0 Å². The van der Waals surface area contributed by atoms with Crippen LogP contribution in [0.15, 0.2) is 18.2 Å². The summed E-state index contributed by atoms with van der Waals surface area (Å²) < 4.78 is 4.90. The molecule has 1 aromatic carbocycles. The summed E-state index contributed by atoms with van der Waals surface area (Å²) in [6.07, 6.45) is 4.64. The number of benzene rings is 1. The number of halogens is 1. The molecule has 0 heterocycles. The first-order chi connectivity index (χ1) is 8.69. The molecule has 0 saturated carbocycles. The zero-order valence-corrected chi connectivity index (χ0v) is 11.5. The van der Waals surface area contributed by atoms with Gasteiger partial charge < -0.3 is 4.74 Å². The molecule has 0 saturated heterocycles. The molecule has 0 aliphatic heterocycles. The number of fused-ring (bicyclic) bond motifs is 1. The van der Waals surface area contributed by atoms with E-state index in [2.05, 4.69) is 18.2 Å². The van der Waals surface area contributed by atoms with Crippen molar-refractivity contribution in [3.63, 3.8) is 0 Å². The van der Waals surface area contributed by atoms with Crippen LogP contribution in [0.3, 0.4) is 0 Å². The largest absolute Gasteiger partial charge is 0.466 e. The third-order valence-corrected chi connectivity index (χ3v) is 3.62. The summed E-state index contributed by atoms with van der Waals surface area (Å²) in [5.74, 6) is -0.210. The van der Waals surface area contributed by atoms with Gasteiger partial charge in [-0.3, -0.25) is 4.79 Å². The quantitative estimate of drug-likeness (QED) is 0.604. The topological polar surface area (TPSA) is 26.3 Å². The molecular weight excluding hydrogens is 248 g/mol. The van der Waals surface area contributed by atoms with E-state index in [0.717, 1.165) is 6.42 Å². The molecule has 1 atom stereocenters. The maximum atomic E-state index is 11.3. The number of rotatable bonds is 5. The van der Waals surface area contributed by atoms with Gasteiger partial charge in [-0.1, -0.05) is 18.2 Å². The van der Waals surface area contributed by atoms with E-state index in [1.165, 1.54) is 36.0 Å². The Kier molecular flexibility index (Phi) is 4.65. The fraction of sp³-hybridized carbons (Fsp3) is 0.533. The number of hydrogen-bond donors (Lipinski definition) is 0. The first-order valence-electron chi connectivity index (χ1n) is 6.59. The standard InChI is InChI=1S/C15H19ClO2/c1-2-18-15(17)10-14(16)9-11-6-7-12-4-3-5-13(12)8-11/h6-8,14H,2-5,9-10H2,1H3. The van der Waals surface area contributed by atoms with Gasteiger partial charge in [-0.2, -0.15) is 0 Å². The molecule has 2 nitrogen and oxygen atoms in total. The third kappa shape index (κ3) is 3.49. The Morgan fingerprint density at radius 1 is 1.39 bits per heavy atom. The van der Waals surface area contributed by atoms with E-state index < -0.39 is 0 Å². The molecule has 0 N–H and O–H groups in total. The summed E-state index contributed by atoms with van der Waals surface area (Å²) in [5.41, 5.74) is 4.14. The van der Waals surface area contributed by atoms with E-state index in [4.69, 9.17) is 16.3 Å². The Morgan fingerprint density at radius 2 is 2.17 bits per heavy atom. The van der Waals surface area contributed by atoms with E-state index in [-0.39, 0.29) is 17.8 Å². The molecule has 0 fully saturated rings. The third-order valence-electron chi connectivity index (χ3n) is 3.31. The highest BCUT2D eigenvalue weighted by Crippen LogP contribution is 2.24. The number of carbonyl (C=O) groups is 1. The maximum Gasteiger partial charge on any atom is 0.307 e. The van der Waals surface area contributed by atoms with Crippen LogP contribution in [-0.4, -0.2) is 18.0 Å². The molecule has 2 rings (SSSR count). The van der Waals surface area contributed by atoms with E-state index in [0.29, 0.717) is 6.61 Å². The summed E-state index contributed by atoms with van der Waals surface area (Å²) in [4.78, 5) is 11.3. The van der Waals surface area contributed by atoms with Crippen molar-refractivity contribution in [2.75, 3.05) is 6.61 Å². The average molecular weight is 267 g/mol. The predicted octanol–water partition coefficient (Wildman–Crippen LogP) is 3.28. The van der Waals surface area contributed by atoms with E-state index in [9.17, 15) is 4.79 Å². The van der Waals surface area contributed by atoms with Crippen molar-refractivity contribution in [3.05, 3.63) is 34.9 Å². The van der Waals surface area contributed by atoms with Gasteiger partial charge in [-0.05, 0) is 49.3 Å². The Hall–Kier alpha value is -1.02. The minimum absolute atomic E-state index is 0.177. The van der Waals surface area contributed by atoms with Crippen molar-refractivity contribution in [2.24, 2.45) is 0 Å². The van der Waals surface area contributed by atoms with Crippen LogP contribution in [0, 0.1) is 0 Å². The number of hydrogen-bond acceptors (Lipinski definition) is 2. The van der Waals surface area contributed by atoms with Crippen LogP contribution in [0.1, 0.15) is 36.5 Å². The summed E-state index contributed by atoms with van der Waals surface area (Å²) in [6.45, 7) is 2.23. The lowest BCUT2D eigenvalue weighted by Crippen LogP contribution is -2.13. The van der Waals surface area contributed by atoms with Crippen molar-refractivity contribution in [1.82, 2.24) is 0 Å². The molecule has 1 aliphatic rings. The van der Waals surface area contributed by atoms with Crippen LogP contribution >= 0.6 is 11.6 Å². The molecule has 3 heteroatoms. The predicted molar refractivity (Wildman–Crippen MR) is 73.1 cm³/mol. The Labute approximate surface area is 113 Å². The molecule has 0 bridgehead atoms. The lowest BCUT2D eigenvalue weighted by atomic mass is 10.0. The molecule has 1 unspecified atom stereocenters. The average Bonchev–Trinajstić information content (AvgIpc) is 2.76. The molecule has 18 heavy (non-hydrogen) atoms. The number of ether oxygens (including phenoxy) is 1. The number of alkyl halides is 1. The van der Waals surface area contributed by atoms with Crippen molar-refractivity contribution in [3.8, 4) is 0 Å². The van der Waals surface area contributed by atoms with Crippen LogP contribution < -0.4 is 0 Å². The molecule has 1 aliphatic carbocycles. The van der Waals surface area contributed by atoms with Gasteiger partial charge >= 0.3 is 5.97 Å². The smallest absolute Gasteiger partial charge is 0.307 e. The number of esters is 1. The van der Waals surface area contributed by atoms with Gasteiger partial charge in [-0.25, -0.2) is 0 Å². The van der Waals surface area contributed by atoms with Gasteiger partial charge in [0.15, 0.2) is 0 Å². The van der Waals surface area contributed by atoms with Crippen LogP contribution in [0.25, 0.3) is 0 Å². The first-order valence-corrected chi connectivity index (χ1v) is 7.03. The minimum Gasteiger partial charge on any atom is -0.466 e. The lowest BCUT2D eigenvalue weighted by molar-refractivity contribution is -0.143. The zero-order valence-electron chi connectivity index (χ0n) is 10.7. The number of carbonyl (C=O) groups excluding carboxylic acids is 1. The molecule has 0 amide bonds. The summed E-state index contributed by atoms with van der Waals surface area (Å²) >= 11 is 6.20. The molecular formula is C15H19ClO2.